The highest BCUT2D eigenvalue weighted by Gasteiger charge is 2.24. The number of nitrogens with one attached hydrogen (secondary N) is 1. The number of rotatable bonds is 5. The van der Waals surface area contributed by atoms with E-state index in [9.17, 15) is 0 Å². The van der Waals surface area contributed by atoms with Gasteiger partial charge in [-0.2, -0.15) is 0 Å². The van der Waals surface area contributed by atoms with Crippen LogP contribution in [0.25, 0.3) is 0 Å². The molecular formula is C11H17N3O. The summed E-state index contributed by atoms with van der Waals surface area (Å²) in [5, 5.41) is 11.3. The maximum atomic E-state index is 5.52. The maximum Gasteiger partial charge on any atom is 0.315 e. The summed E-state index contributed by atoms with van der Waals surface area (Å²) in [5.74, 6) is 2.43. The maximum absolute atomic E-state index is 5.52. The molecule has 0 unspecified atom stereocenters. The normalized spacial score (nSPS) is 21.3. The summed E-state index contributed by atoms with van der Waals surface area (Å²) in [6, 6.07) is 0.609. The topological polar surface area (TPSA) is 51.0 Å². The third-order valence-corrected chi connectivity index (χ3v) is 3.39. The summed E-state index contributed by atoms with van der Waals surface area (Å²) in [6.07, 6.45) is 7.69. The van der Waals surface area contributed by atoms with Gasteiger partial charge in [-0.15, -0.1) is 5.10 Å². The van der Waals surface area contributed by atoms with Crippen molar-refractivity contribution in [2.75, 3.05) is 11.9 Å². The van der Waals surface area contributed by atoms with Gasteiger partial charge in [0, 0.05) is 13.0 Å². The zero-order valence-electron chi connectivity index (χ0n) is 8.91. The van der Waals surface area contributed by atoms with Crippen LogP contribution in [0.15, 0.2) is 4.42 Å². The molecule has 0 radical (unpaired) electrons. The molecule has 0 spiro atoms. The number of anilines is 1. The molecule has 15 heavy (non-hydrogen) atoms. The van der Waals surface area contributed by atoms with Gasteiger partial charge in [0.1, 0.15) is 0 Å². The SMILES string of the molecule is C1CC(CNc2nnc(CC3CC3)o2)C1. The van der Waals surface area contributed by atoms with Gasteiger partial charge in [0.15, 0.2) is 0 Å². The molecule has 4 nitrogen and oxygen atoms in total. The zero-order chi connectivity index (χ0) is 10.1. The number of aromatic nitrogens is 2. The largest absolute Gasteiger partial charge is 0.408 e. The second-order valence-electron chi connectivity index (χ2n) is 4.83. The molecule has 82 valence electrons. The smallest absolute Gasteiger partial charge is 0.315 e. The van der Waals surface area contributed by atoms with Crippen LogP contribution in [0.4, 0.5) is 6.01 Å². The Morgan fingerprint density at radius 2 is 2.00 bits per heavy atom. The summed E-state index contributed by atoms with van der Waals surface area (Å²) in [6.45, 7) is 0.991. The van der Waals surface area contributed by atoms with Crippen molar-refractivity contribution in [2.45, 2.75) is 38.5 Å². The van der Waals surface area contributed by atoms with Gasteiger partial charge in [0.25, 0.3) is 0 Å². The van der Waals surface area contributed by atoms with Gasteiger partial charge >= 0.3 is 6.01 Å². The molecule has 1 aromatic heterocycles. The number of hydrogen-bond donors (Lipinski definition) is 1. The van der Waals surface area contributed by atoms with Crippen LogP contribution in [0.5, 0.6) is 0 Å². The Bertz CT molecular complexity index is 328. The van der Waals surface area contributed by atoms with Gasteiger partial charge in [-0.25, -0.2) is 0 Å². The van der Waals surface area contributed by atoms with E-state index in [1.54, 1.807) is 0 Å². The van der Waals surface area contributed by atoms with E-state index >= 15 is 0 Å². The molecule has 3 rings (SSSR count). The molecule has 0 aromatic carbocycles. The highest BCUT2D eigenvalue weighted by molar-refractivity contribution is 5.17. The molecule has 2 aliphatic carbocycles. The van der Waals surface area contributed by atoms with E-state index in [0.717, 1.165) is 30.7 Å². The van der Waals surface area contributed by atoms with Crippen LogP contribution in [0.2, 0.25) is 0 Å². The lowest BCUT2D eigenvalue weighted by atomic mass is 9.85. The van der Waals surface area contributed by atoms with Crippen molar-refractivity contribution in [3.63, 3.8) is 0 Å². The fourth-order valence-corrected chi connectivity index (χ4v) is 1.91. The van der Waals surface area contributed by atoms with Crippen molar-refractivity contribution in [1.82, 2.24) is 10.2 Å². The highest BCUT2D eigenvalue weighted by atomic mass is 16.4. The van der Waals surface area contributed by atoms with E-state index in [2.05, 4.69) is 15.5 Å². The van der Waals surface area contributed by atoms with Crippen molar-refractivity contribution in [2.24, 2.45) is 11.8 Å². The minimum absolute atomic E-state index is 0.609. The average molecular weight is 207 g/mol. The predicted molar refractivity (Wildman–Crippen MR) is 56.6 cm³/mol. The second kappa shape index (κ2) is 3.83. The van der Waals surface area contributed by atoms with Gasteiger partial charge in [-0.05, 0) is 37.5 Å². The fourth-order valence-electron chi connectivity index (χ4n) is 1.91. The fraction of sp³-hybridized carbons (Fsp3) is 0.818. The van der Waals surface area contributed by atoms with Gasteiger partial charge in [-0.3, -0.25) is 0 Å². The molecule has 2 saturated carbocycles. The Balaban J connectivity index is 1.48. The van der Waals surface area contributed by atoms with Crippen LogP contribution in [0.1, 0.15) is 38.0 Å². The van der Waals surface area contributed by atoms with E-state index in [4.69, 9.17) is 4.42 Å². The van der Waals surface area contributed by atoms with E-state index in [0.29, 0.717) is 6.01 Å². The monoisotopic (exact) mass is 207 g/mol. The first-order valence-corrected chi connectivity index (χ1v) is 5.96. The molecule has 0 saturated heterocycles. The van der Waals surface area contributed by atoms with Crippen molar-refractivity contribution < 1.29 is 4.42 Å². The Morgan fingerprint density at radius 1 is 1.13 bits per heavy atom. The Kier molecular flexibility index (Phi) is 2.35. The first kappa shape index (κ1) is 9.19. The van der Waals surface area contributed by atoms with Gasteiger partial charge in [-0.1, -0.05) is 11.5 Å². The van der Waals surface area contributed by atoms with Crippen molar-refractivity contribution in [3.05, 3.63) is 5.89 Å². The molecule has 0 atom stereocenters. The van der Waals surface area contributed by atoms with E-state index in [1.165, 1.54) is 32.1 Å². The van der Waals surface area contributed by atoms with Crippen molar-refractivity contribution >= 4 is 6.01 Å². The van der Waals surface area contributed by atoms with Gasteiger partial charge < -0.3 is 9.73 Å². The summed E-state index contributed by atoms with van der Waals surface area (Å²) in [4.78, 5) is 0. The third-order valence-electron chi connectivity index (χ3n) is 3.39. The molecule has 0 bridgehead atoms. The molecule has 1 aromatic rings. The standard InChI is InChI=1S/C11H17N3O/c1-2-9(3-1)7-12-11-14-13-10(15-11)6-8-4-5-8/h8-9H,1-7H2,(H,12,14). The quantitative estimate of drug-likeness (QED) is 0.804. The molecular weight excluding hydrogens is 190 g/mol. The van der Waals surface area contributed by atoms with Crippen molar-refractivity contribution in [3.8, 4) is 0 Å². The van der Waals surface area contributed by atoms with Crippen LogP contribution < -0.4 is 5.32 Å². The third kappa shape index (κ3) is 2.30. The lowest BCUT2D eigenvalue weighted by Crippen LogP contribution is -2.20. The molecule has 1 N–H and O–H groups in total. The second-order valence-corrected chi connectivity index (χ2v) is 4.83. The highest BCUT2D eigenvalue weighted by Crippen LogP contribution is 2.32. The van der Waals surface area contributed by atoms with Crippen LogP contribution in [-0.4, -0.2) is 16.7 Å². The summed E-state index contributed by atoms with van der Waals surface area (Å²) in [7, 11) is 0. The summed E-state index contributed by atoms with van der Waals surface area (Å²) < 4.78 is 5.52. The first-order chi connectivity index (χ1) is 7.40. The lowest BCUT2D eigenvalue weighted by molar-refractivity contribution is 0.330. The van der Waals surface area contributed by atoms with Crippen molar-refractivity contribution in [1.29, 1.82) is 0 Å². The number of hydrogen-bond acceptors (Lipinski definition) is 4. The van der Waals surface area contributed by atoms with Crippen LogP contribution in [0.3, 0.4) is 0 Å². The predicted octanol–water partition coefficient (Wildman–Crippen LogP) is 2.23. The summed E-state index contributed by atoms with van der Waals surface area (Å²) in [5.41, 5.74) is 0. The zero-order valence-corrected chi connectivity index (χ0v) is 8.91. The first-order valence-electron chi connectivity index (χ1n) is 5.96. The Morgan fingerprint density at radius 3 is 2.67 bits per heavy atom. The minimum Gasteiger partial charge on any atom is -0.408 e. The minimum atomic E-state index is 0.609. The molecule has 1 heterocycles. The van der Waals surface area contributed by atoms with E-state index < -0.39 is 0 Å². The summed E-state index contributed by atoms with van der Waals surface area (Å²) >= 11 is 0. The molecule has 0 aliphatic heterocycles. The van der Waals surface area contributed by atoms with Crippen LogP contribution in [-0.2, 0) is 6.42 Å². The van der Waals surface area contributed by atoms with E-state index in [1.807, 2.05) is 0 Å². The van der Waals surface area contributed by atoms with Gasteiger partial charge in [0.05, 0.1) is 0 Å². The molecule has 2 aliphatic rings. The van der Waals surface area contributed by atoms with E-state index in [-0.39, 0.29) is 0 Å². The molecule has 4 heteroatoms. The van der Waals surface area contributed by atoms with Crippen LogP contribution in [0, 0.1) is 11.8 Å². The van der Waals surface area contributed by atoms with Crippen LogP contribution >= 0.6 is 0 Å². The molecule has 2 fully saturated rings. The lowest BCUT2D eigenvalue weighted by Gasteiger charge is -2.24. The molecule has 0 amide bonds. The van der Waals surface area contributed by atoms with Gasteiger partial charge in [0.2, 0.25) is 5.89 Å². The average Bonchev–Trinajstić information content (AvgIpc) is 2.84. The Labute approximate surface area is 89.5 Å². The Hall–Kier alpha value is -1.06. The number of nitrogens with zero attached hydrogens (tertiary/aromatic N) is 2.